The number of benzene rings is 1. The van der Waals surface area contributed by atoms with Crippen LogP contribution in [0.15, 0.2) is 22.4 Å². The van der Waals surface area contributed by atoms with Crippen LogP contribution < -0.4 is 9.04 Å². The first-order valence-corrected chi connectivity index (χ1v) is 9.34. The van der Waals surface area contributed by atoms with Gasteiger partial charge in [0.1, 0.15) is 0 Å². The molecule has 22 heavy (non-hydrogen) atoms. The highest BCUT2D eigenvalue weighted by Crippen LogP contribution is 2.37. The monoisotopic (exact) mass is 338 g/mol. The number of ether oxygens (including phenoxy) is 1. The smallest absolute Gasteiger partial charge is 0.270 e. The Bertz CT molecular complexity index is 812. The van der Waals surface area contributed by atoms with Gasteiger partial charge in [0.2, 0.25) is 5.88 Å². The van der Waals surface area contributed by atoms with Gasteiger partial charge in [0.25, 0.3) is 10.0 Å². The van der Waals surface area contributed by atoms with Gasteiger partial charge >= 0.3 is 0 Å². The molecule has 5 nitrogen and oxygen atoms in total. The van der Waals surface area contributed by atoms with Crippen LogP contribution in [0.25, 0.3) is 0 Å². The van der Waals surface area contributed by atoms with Crippen molar-refractivity contribution in [1.29, 1.82) is 0 Å². The molecule has 0 aliphatic carbocycles. The summed E-state index contributed by atoms with van der Waals surface area (Å²) in [5.41, 5.74) is 4.11. The second kappa shape index (κ2) is 5.55. The summed E-state index contributed by atoms with van der Waals surface area (Å²) < 4.78 is 36.6. The fourth-order valence-electron chi connectivity index (χ4n) is 2.94. The Balaban J connectivity index is 2.15. The topological polar surface area (TPSA) is 59.5 Å². The van der Waals surface area contributed by atoms with Crippen molar-refractivity contribution in [1.82, 2.24) is 4.37 Å². The van der Waals surface area contributed by atoms with Gasteiger partial charge in [-0.15, -0.1) is 0 Å². The number of methoxy groups -OCH3 is 1. The van der Waals surface area contributed by atoms with E-state index in [1.54, 1.807) is 0 Å². The second-order valence-electron chi connectivity index (χ2n) is 5.45. The quantitative estimate of drug-likeness (QED) is 0.863. The van der Waals surface area contributed by atoms with Crippen molar-refractivity contribution >= 4 is 27.2 Å². The number of rotatable bonds is 3. The van der Waals surface area contributed by atoms with Crippen LogP contribution in [0.2, 0.25) is 0 Å². The zero-order valence-electron chi connectivity index (χ0n) is 12.8. The van der Waals surface area contributed by atoms with Gasteiger partial charge in [0.05, 0.1) is 12.8 Å². The van der Waals surface area contributed by atoms with Gasteiger partial charge in [-0.3, -0.25) is 4.31 Å². The first-order chi connectivity index (χ1) is 10.4. The first kappa shape index (κ1) is 15.3. The van der Waals surface area contributed by atoms with Gasteiger partial charge in [0.15, 0.2) is 4.90 Å². The van der Waals surface area contributed by atoms with E-state index in [-0.39, 0.29) is 10.8 Å². The van der Waals surface area contributed by atoms with Crippen LogP contribution in [-0.4, -0.2) is 26.4 Å². The van der Waals surface area contributed by atoms with Gasteiger partial charge < -0.3 is 4.74 Å². The molecule has 0 unspecified atom stereocenters. The number of hydrogen-bond acceptors (Lipinski definition) is 5. The molecule has 0 spiro atoms. The van der Waals surface area contributed by atoms with Gasteiger partial charge in [-0.2, -0.15) is 4.37 Å². The van der Waals surface area contributed by atoms with Crippen LogP contribution in [0.3, 0.4) is 0 Å². The van der Waals surface area contributed by atoms with Crippen molar-refractivity contribution in [3.8, 4) is 5.88 Å². The Morgan fingerprint density at radius 1 is 1.32 bits per heavy atom. The Labute approximate surface area is 134 Å². The highest BCUT2D eigenvalue weighted by Gasteiger charge is 2.33. The number of anilines is 1. The molecular weight excluding hydrogens is 320 g/mol. The molecule has 2 aromatic rings. The SMILES string of the molecule is COc1nscc1S(=O)(=O)N1CCCc2c(C)cc(C)cc21. The highest BCUT2D eigenvalue weighted by atomic mass is 32.2. The zero-order valence-corrected chi connectivity index (χ0v) is 14.4. The van der Waals surface area contributed by atoms with Crippen LogP contribution in [0.4, 0.5) is 5.69 Å². The molecule has 0 N–H and O–H groups in total. The molecule has 0 atom stereocenters. The van der Waals surface area contributed by atoms with Crippen molar-refractivity contribution in [2.24, 2.45) is 0 Å². The van der Waals surface area contributed by atoms with Crippen LogP contribution in [-0.2, 0) is 16.4 Å². The summed E-state index contributed by atoms with van der Waals surface area (Å²) in [6.07, 6.45) is 1.72. The lowest BCUT2D eigenvalue weighted by atomic mass is 9.96. The van der Waals surface area contributed by atoms with E-state index in [1.165, 1.54) is 16.8 Å². The average molecular weight is 338 g/mol. The molecule has 1 aliphatic rings. The lowest BCUT2D eigenvalue weighted by molar-refractivity contribution is 0.390. The molecule has 0 saturated heterocycles. The molecule has 0 fully saturated rings. The highest BCUT2D eigenvalue weighted by molar-refractivity contribution is 7.93. The largest absolute Gasteiger partial charge is 0.479 e. The summed E-state index contributed by atoms with van der Waals surface area (Å²) in [4.78, 5) is 0.145. The van der Waals surface area contributed by atoms with Gasteiger partial charge in [-0.25, -0.2) is 8.42 Å². The number of fused-ring (bicyclic) bond motifs is 1. The fraction of sp³-hybridized carbons (Fsp3) is 0.400. The zero-order chi connectivity index (χ0) is 15.9. The molecule has 1 aromatic carbocycles. The standard InChI is InChI=1S/C15H18N2O3S2/c1-10-7-11(2)12-5-4-6-17(13(12)8-10)22(18,19)14-9-21-16-15(14)20-3/h7-9H,4-6H2,1-3H3. The van der Waals surface area contributed by atoms with E-state index in [0.29, 0.717) is 6.54 Å². The van der Waals surface area contributed by atoms with Gasteiger partial charge in [0, 0.05) is 11.9 Å². The molecule has 0 bridgehead atoms. The summed E-state index contributed by atoms with van der Waals surface area (Å²) >= 11 is 1.09. The van der Waals surface area contributed by atoms with Crippen LogP contribution in [0.1, 0.15) is 23.1 Å². The van der Waals surface area contributed by atoms with Crippen molar-refractivity contribution in [2.45, 2.75) is 31.6 Å². The molecule has 0 amide bonds. The van der Waals surface area contributed by atoms with Gasteiger partial charge in [-0.1, -0.05) is 6.07 Å². The normalized spacial score (nSPS) is 14.8. The lowest BCUT2D eigenvalue weighted by Crippen LogP contribution is -2.35. The maximum atomic E-state index is 13.0. The Hall–Kier alpha value is -1.60. The molecule has 1 aromatic heterocycles. The minimum atomic E-state index is -3.65. The van der Waals surface area contributed by atoms with Crippen molar-refractivity contribution < 1.29 is 13.2 Å². The Morgan fingerprint density at radius 2 is 2.09 bits per heavy atom. The molecule has 0 saturated carbocycles. The molecule has 1 aliphatic heterocycles. The lowest BCUT2D eigenvalue weighted by Gasteiger charge is -2.31. The predicted octanol–water partition coefficient (Wildman–Crippen LogP) is 2.91. The maximum Gasteiger partial charge on any atom is 0.270 e. The third-order valence-electron chi connectivity index (χ3n) is 3.92. The number of hydrogen-bond donors (Lipinski definition) is 0. The second-order valence-corrected chi connectivity index (χ2v) is 7.91. The average Bonchev–Trinajstić information content (AvgIpc) is 2.95. The molecule has 2 heterocycles. The van der Waals surface area contributed by atoms with E-state index in [9.17, 15) is 8.42 Å². The van der Waals surface area contributed by atoms with E-state index in [0.717, 1.165) is 46.8 Å². The van der Waals surface area contributed by atoms with Gasteiger partial charge in [-0.05, 0) is 61.0 Å². The van der Waals surface area contributed by atoms with E-state index in [4.69, 9.17) is 4.74 Å². The third-order valence-corrected chi connectivity index (χ3v) is 6.49. The van der Waals surface area contributed by atoms with E-state index in [2.05, 4.69) is 10.4 Å². The fourth-order valence-corrected chi connectivity index (χ4v) is 5.51. The van der Waals surface area contributed by atoms with E-state index < -0.39 is 10.0 Å². The minimum Gasteiger partial charge on any atom is -0.479 e. The molecule has 7 heteroatoms. The van der Waals surface area contributed by atoms with Crippen LogP contribution >= 0.6 is 11.5 Å². The molecule has 118 valence electrons. The molecule has 0 radical (unpaired) electrons. The summed E-state index contributed by atoms with van der Waals surface area (Å²) in [5.74, 6) is 0.168. The number of sulfonamides is 1. The first-order valence-electron chi connectivity index (χ1n) is 7.06. The number of aryl methyl sites for hydroxylation is 2. The van der Waals surface area contributed by atoms with Crippen LogP contribution in [0.5, 0.6) is 5.88 Å². The minimum absolute atomic E-state index is 0.145. The third kappa shape index (κ3) is 2.38. The summed E-state index contributed by atoms with van der Waals surface area (Å²) in [5, 5.41) is 1.53. The summed E-state index contributed by atoms with van der Waals surface area (Å²) in [7, 11) is -2.22. The van der Waals surface area contributed by atoms with E-state index in [1.807, 2.05) is 19.9 Å². The van der Waals surface area contributed by atoms with E-state index >= 15 is 0 Å². The Kier molecular flexibility index (Phi) is 3.86. The Morgan fingerprint density at radius 3 is 2.82 bits per heavy atom. The predicted molar refractivity (Wildman–Crippen MR) is 87.4 cm³/mol. The number of nitrogens with zero attached hydrogens (tertiary/aromatic N) is 2. The number of aromatic nitrogens is 1. The van der Waals surface area contributed by atoms with Crippen molar-refractivity contribution in [2.75, 3.05) is 18.0 Å². The summed E-state index contributed by atoms with van der Waals surface area (Å²) in [6.45, 7) is 4.51. The van der Waals surface area contributed by atoms with Crippen molar-refractivity contribution in [3.63, 3.8) is 0 Å². The van der Waals surface area contributed by atoms with Crippen molar-refractivity contribution in [3.05, 3.63) is 34.2 Å². The molecular formula is C15H18N2O3S2. The summed E-state index contributed by atoms with van der Waals surface area (Å²) in [6, 6.07) is 4.05. The molecule has 3 rings (SSSR count). The maximum absolute atomic E-state index is 13.0. The van der Waals surface area contributed by atoms with Crippen LogP contribution in [0, 0.1) is 13.8 Å².